The molecule has 0 aliphatic carbocycles. The molecule has 0 radical (unpaired) electrons. The molecule has 1 aromatic carbocycles. The lowest BCUT2D eigenvalue weighted by molar-refractivity contribution is 0.0903. The van der Waals surface area contributed by atoms with E-state index in [-0.39, 0.29) is 11.4 Å². The molecule has 1 rings (SSSR count). The van der Waals surface area contributed by atoms with E-state index in [1.165, 1.54) is 0 Å². The molecule has 0 unspecified atom stereocenters. The van der Waals surface area contributed by atoms with Crippen molar-refractivity contribution in [2.24, 2.45) is 0 Å². The fourth-order valence-electron chi connectivity index (χ4n) is 1.83. The molecule has 1 amide bonds. The minimum absolute atomic E-state index is 0.0660. The van der Waals surface area contributed by atoms with Crippen LogP contribution in [-0.2, 0) is 0 Å². The average molecular weight is 333 g/mol. The number of hydrogen-bond acceptors (Lipinski definition) is 1. The first-order valence-corrected chi connectivity index (χ1v) is 7.62. The fourth-order valence-corrected chi connectivity index (χ4v) is 3.05. The second-order valence-electron chi connectivity index (χ2n) is 4.59. The molecule has 0 spiro atoms. The lowest BCUT2D eigenvalue weighted by Gasteiger charge is -2.31. The Balaban J connectivity index is 2.94. The zero-order chi connectivity index (χ0) is 13.8. The number of carbonyl (C=O) groups excluding carboxylic acids is 1. The van der Waals surface area contributed by atoms with Crippen LogP contribution >= 0.6 is 27.5 Å². The Labute approximate surface area is 122 Å². The largest absolute Gasteiger partial charge is 0.346 e. The van der Waals surface area contributed by atoms with Crippen molar-refractivity contribution in [1.29, 1.82) is 0 Å². The SMILES string of the molecule is CCC(CC)(CBr)NC(=O)c1cc(C)cc(Cl)c1. The van der Waals surface area contributed by atoms with Gasteiger partial charge in [0.2, 0.25) is 0 Å². The quantitative estimate of drug-likeness (QED) is 0.799. The van der Waals surface area contributed by atoms with Crippen molar-refractivity contribution in [1.82, 2.24) is 5.32 Å². The number of aryl methyl sites for hydroxylation is 1. The first-order valence-electron chi connectivity index (χ1n) is 6.12. The van der Waals surface area contributed by atoms with E-state index in [2.05, 4.69) is 35.1 Å². The number of rotatable bonds is 5. The summed E-state index contributed by atoms with van der Waals surface area (Å²) in [5.41, 5.74) is 1.42. The van der Waals surface area contributed by atoms with Crippen molar-refractivity contribution >= 4 is 33.4 Å². The van der Waals surface area contributed by atoms with Gasteiger partial charge >= 0.3 is 0 Å². The third-order valence-corrected chi connectivity index (χ3v) is 4.58. The molecule has 0 aromatic heterocycles. The number of alkyl halides is 1. The summed E-state index contributed by atoms with van der Waals surface area (Å²) in [6.07, 6.45) is 1.78. The van der Waals surface area contributed by atoms with Crippen LogP contribution in [0.15, 0.2) is 18.2 Å². The summed E-state index contributed by atoms with van der Waals surface area (Å²) >= 11 is 9.46. The molecule has 0 aliphatic rings. The lowest BCUT2D eigenvalue weighted by Crippen LogP contribution is -2.49. The monoisotopic (exact) mass is 331 g/mol. The van der Waals surface area contributed by atoms with Crippen LogP contribution in [0.3, 0.4) is 0 Å². The van der Waals surface area contributed by atoms with Gasteiger partial charge in [-0.2, -0.15) is 0 Å². The molecule has 100 valence electrons. The highest BCUT2D eigenvalue weighted by molar-refractivity contribution is 9.09. The number of nitrogens with one attached hydrogen (secondary N) is 1. The van der Waals surface area contributed by atoms with Crippen molar-refractivity contribution in [3.8, 4) is 0 Å². The van der Waals surface area contributed by atoms with Crippen molar-refractivity contribution in [2.45, 2.75) is 39.2 Å². The molecule has 0 saturated heterocycles. The van der Waals surface area contributed by atoms with Crippen LogP contribution in [0.2, 0.25) is 5.02 Å². The third-order valence-electron chi connectivity index (χ3n) is 3.29. The first kappa shape index (κ1) is 15.5. The highest BCUT2D eigenvalue weighted by atomic mass is 79.9. The second kappa shape index (κ2) is 6.58. The maximum absolute atomic E-state index is 12.3. The van der Waals surface area contributed by atoms with Crippen molar-refractivity contribution in [3.05, 3.63) is 34.3 Å². The van der Waals surface area contributed by atoms with Crippen LogP contribution in [-0.4, -0.2) is 16.8 Å². The van der Waals surface area contributed by atoms with Gasteiger partial charge in [-0.05, 0) is 43.5 Å². The summed E-state index contributed by atoms with van der Waals surface area (Å²) < 4.78 is 0. The smallest absolute Gasteiger partial charge is 0.251 e. The van der Waals surface area contributed by atoms with Crippen LogP contribution < -0.4 is 5.32 Å². The first-order chi connectivity index (χ1) is 8.46. The molecule has 0 bridgehead atoms. The van der Waals surface area contributed by atoms with Gasteiger partial charge < -0.3 is 5.32 Å². The molecule has 0 saturated carbocycles. The van der Waals surface area contributed by atoms with Gasteiger partial charge in [-0.25, -0.2) is 0 Å². The van der Waals surface area contributed by atoms with Crippen molar-refractivity contribution in [3.63, 3.8) is 0 Å². The summed E-state index contributed by atoms with van der Waals surface area (Å²) in [4.78, 5) is 12.3. The van der Waals surface area contributed by atoms with E-state index in [9.17, 15) is 4.79 Å². The summed E-state index contributed by atoms with van der Waals surface area (Å²) in [7, 11) is 0. The topological polar surface area (TPSA) is 29.1 Å². The minimum atomic E-state index is -0.187. The van der Waals surface area contributed by atoms with Crippen LogP contribution in [0.1, 0.15) is 42.6 Å². The van der Waals surface area contributed by atoms with Gasteiger partial charge in [0.1, 0.15) is 0 Å². The standard InChI is InChI=1S/C14H19BrClNO/c1-4-14(5-2,9-15)17-13(18)11-6-10(3)7-12(16)8-11/h6-8H,4-5,9H2,1-3H3,(H,17,18). The van der Waals surface area contributed by atoms with E-state index in [1.54, 1.807) is 6.07 Å². The highest BCUT2D eigenvalue weighted by Gasteiger charge is 2.27. The predicted molar refractivity (Wildman–Crippen MR) is 80.8 cm³/mol. The second-order valence-corrected chi connectivity index (χ2v) is 5.59. The van der Waals surface area contributed by atoms with E-state index in [0.29, 0.717) is 10.6 Å². The zero-order valence-electron chi connectivity index (χ0n) is 11.0. The molecule has 0 fully saturated rings. The van der Waals surface area contributed by atoms with Crippen molar-refractivity contribution < 1.29 is 4.79 Å². The molecule has 0 heterocycles. The summed E-state index contributed by atoms with van der Waals surface area (Å²) in [5, 5.41) is 4.45. The number of hydrogen-bond donors (Lipinski definition) is 1. The summed E-state index contributed by atoms with van der Waals surface area (Å²) in [6.45, 7) is 6.09. The Hall–Kier alpha value is -0.540. The van der Waals surface area contributed by atoms with Crippen LogP contribution in [0.25, 0.3) is 0 Å². The van der Waals surface area contributed by atoms with Crippen LogP contribution in [0.4, 0.5) is 0 Å². The zero-order valence-corrected chi connectivity index (χ0v) is 13.4. The van der Waals surface area contributed by atoms with E-state index >= 15 is 0 Å². The van der Waals surface area contributed by atoms with Crippen LogP contribution in [0, 0.1) is 6.92 Å². The maximum Gasteiger partial charge on any atom is 0.251 e. The highest BCUT2D eigenvalue weighted by Crippen LogP contribution is 2.20. The normalized spacial score (nSPS) is 11.4. The van der Waals surface area contributed by atoms with E-state index in [1.807, 2.05) is 19.1 Å². The van der Waals surface area contributed by atoms with Gasteiger partial charge in [-0.15, -0.1) is 0 Å². The Morgan fingerprint density at radius 2 is 1.94 bits per heavy atom. The summed E-state index contributed by atoms with van der Waals surface area (Å²) in [5.74, 6) is -0.0660. The Morgan fingerprint density at radius 3 is 2.39 bits per heavy atom. The molecule has 1 aromatic rings. The molecule has 18 heavy (non-hydrogen) atoms. The number of halogens is 2. The van der Waals surface area contributed by atoms with Gasteiger partial charge in [-0.1, -0.05) is 41.4 Å². The minimum Gasteiger partial charge on any atom is -0.346 e. The van der Waals surface area contributed by atoms with E-state index in [4.69, 9.17) is 11.6 Å². The number of amides is 1. The maximum atomic E-state index is 12.3. The molecule has 0 atom stereocenters. The average Bonchev–Trinajstić information content (AvgIpc) is 2.35. The molecular weight excluding hydrogens is 314 g/mol. The van der Waals surface area contributed by atoms with Gasteiger partial charge in [-0.3, -0.25) is 4.79 Å². The van der Waals surface area contributed by atoms with Crippen molar-refractivity contribution in [2.75, 3.05) is 5.33 Å². The number of carbonyl (C=O) groups is 1. The molecule has 2 nitrogen and oxygen atoms in total. The van der Waals surface area contributed by atoms with Gasteiger partial charge in [0.25, 0.3) is 5.91 Å². The lowest BCUT2D eigenvalue weighted by atomic mass is 9.95. The predicted octanol–water partition coefficient (Wildman–Crippen LogP) is 4.33. The van der Waals surface area contributed by atoms with Gasteiger partial charge in [0.05, 0.1) is 0 Å². The molecular formula is C14H19BrClNO. The van der Waals surface area contributed by atoms with E-state index in [0.717, 1.165) is 23.7 Å². The van der Waals surface area contributed by atoms with Gasteiger partial charge in [0, 0.05) is 21.5 Å². The Morgan fingerprint density at radius 1 is 1.33 bits per heavy atom. The Kier molecular flexibility index (Phi) is 5.67. The van der Waals surface area contributed by atoms with E-state index < -0.39 is 0 Å². The molecule has 4 heteroatoms. The summed E-state index contributed by atoms with van der Waals surface area (Å²) in [6, 6.07) is 5.40. The Bertz CT molecular complexity index is 401. The number of benzene rings is 1. The fraction of sp³-hybridized carbons (Fsp3) is 0.500. The van der Waals surface area contributed by atoms with Crippen LogP contribution in [0.5, 0.6) is 0 Å². The van der Waals surface area contributed by atoms with Gasteiger partial charge in [0.15, 0.2) is 0 Å². The molecule has 0 aliphatic heterocycles. The molecule has 1 N–H and O–H groups in total. The third kappa shape index (κ3) is 3.72.